The van der Waals surface area contributed by atoms with E-state index in [0.29, 0.717) is 25.0 Å². The Kier molecular flexibility index (Phi) is 3.36. The number of benzene rings is 1. The number of rotatable bonds is 3. The molecule has 2 N–H and O–H groups in total. The maximum atomic E-state index is 12.4. The molecule has 0 spiro atoms. The van der Waals surface area contributed by atoms with Crippen molar-refractivity contribution in [2.75, 3.05) is 13.7 Å². The van der Waals surface area contributed by atoms with Crippen LogP contribution in [0.2, 0.25) is 0 Å². The summed E-state index contributed by atoms with van der Waals surface area (Å²) in [7, 11) is 1.71. The van der Waals surface area contributed by atoms with Crippen LogP contribution in [0.4, 0.5) is 0 Å². The first-order valence-corrected chi connectivity index (χ1v) is 9.73. The molecule has 3 aliphatic carbocycles. The summed E-state index contributed by atoms with van der Waals surface area (Å²) in [5, 5.41) is 15.3. The van der Waals surface area contributed by atoms with Crippen molar-refractivity contribution in [2.45, 2.75) is 68.4 Å². The van der Waals surface area contributed by atoms with Gasteiger partial charge in [0.2, 0.25) is 0 Å². The largest absolute Gasteiger partial charge is 0.497 e. The number of carbonyl (C=O) groups is 1. The van der Waals surface area contributed by atoms with E-state index in [1.165, 1.54) is 29.5 Å². The number of nitrogens with one attached hydrogen (secondary N) is 1. The van der Waals surface area contributed by atoms with Gasteiger partial charge in [0.25, 0.3) is 0 Å². The van der Waals surface area contributed by atoms with Gasteiger partial charge in [-0.25, -0.2) is 0 Å². The van der Waals surface area contributed by atoms with E-state index in [1.807, 2.05) is 0 Å². The molecule has 4 nitrogen and oxygen atoms in total. The number of Topliss-reactive ketones (excluding diaryl/α,β-unsaturated/α-hetero) is 1. The van der Waals surface area contributed by atoms with Crippen LogP contribution in [-0.4, -0.2) is 36.2 Å². The smallest absolute Gasteiger partial charge is 0.134 e. The second kappa shape index (κ2) is 5.31. The molecule has 4 aliphatic rings. The van der Waals surface area contributed by atoms with Crippen molar-refractivity contribution in [1.82, 2.24) is 5.32 Å². The van der Waals surface area contributed by atoms with Crippen molar-refractivity contribution in [2.24, 2.45) is 5.92 Å². The standard InChI is InChI=1S/C21H27NO3/c1-25-16-9-14(8-13-2-3-13)17-11-19-21(24)5-4-15(23)12-20(21,6-7-22-19)18(17)10-16/h9-10,13,19,22,24H,2-8,11-12H2,1H3. The van der Waals surface area contributed by atoms with Crippen molar-refractivity contribution < 1.29 is 14.6 Å². The van der Waals surface area contributed by atoms with Crippen molar-refractivity contribution in [3.63, 3.8) is 0 Å². The SMILES string of the molecule is COc1cc(CC2CC2)c2c(c1)C13CCNC(C2)C1(O)CCC(=O)C3. The summed E-state index contributed by atoms with van der Waals surface area (Å²) < 4.78 is 5.61. The van der Waals surface area contributed by atoms with Crippen LogP contribution in [0, 0.1) is 5.92 Å². The molecule has 134 valence electrons. The fourth-order valence-corrected chi connectivity index (χ4v) is 5.80. The Bertz CT molecular complexity index is 741. The first-order valence-electron chi connectivity index (χ1n) is 9.73. The predicted molar refractivity (Wildman–Crippen MR) is 95.0 cm³/mol. The summed E-state index contributed by atoms with van der Waals surface area (Å²) in [6.07, 6.45) is 7.01. The lowest BCUT2D eigenvalue weighted by atomic mass is 9.49. The maximum Gasteiger partial charge on any atom is 0.134 e. The Morgan fingerprint density at radius 1 is 1.32 bits per heavy atom. The van der Waals surface area contributed by atoms with E-state index in [0.717, 1.165) is 37.5 Å². The molecule has 1 saturated heterocycles. The average molecular weight is 341 g/mol. The van der Waals surface area contributed by atoms with E-state index in [9.17, 15) is 9.90 Å². The molecular formula is C21H27NO3. The van der Waals surface area contributed by atoms with Crippen LogP contribution in [0.3, 0.4) is 0 Å². The zero-order valence-electron chi connectivity index (χ0n) is 14.9. The molecule has 3 unspecified atom stereocenters. The van der Waals surface area contributed by atoms with Crippen LogP contribution in [0.15, 0.2) is 12.1 Å². The molecule has 5 rings (SSSR count). The van der Waals surface area contributed by atoms with E-state index in [2.05, 4.69) is 17.4 Å². The molecule has 3 atom stereocenters. The Hall–Kier alpha value is -1.39. The van der Waals surface area contributed by atoms with E-state index < -0.39 is 11.0 Å². The average Bonchev–Trinajstić information content (AvgIpc) is 3.40. The third kappa shape index (κ3) is 2.16. The normalized spacial score (nSPS) is 36.6. The topological polar surface area (TPSA) is 58.6 Å². The van der Waals surface area contributed by atoms with Crippen molar-refractivity contribution in [3.05, 3.63) is 28.8 Å². The number of methoxy groups -OCH3 is 1. The Labute approximate surface area is 149 Å². The summed E-state index contributed by atoms with van der Waals surface area (Å²) in [6.45, 7) is 0.870. The molecule has 1 heterocycles. The summed E-state index contributed by atoms with van der Waals surface area (Å²) >= 11 is 0. The number of carbonyl (C=O) groups excluding carboxylic acids is 1. The highest BCUT2D eigenvalue weighted by atomic mass is 16.5. The van der Waals surface area contributed by atoms with Gasteiger partial charge in [0.1, 0.15) is 11.5 Å². The summed E-state index contributed by atoms with van der Waals surface area (Å²) in [6, 6.07) is 4.38. The van der Waals surface area contributed by atoms with Gasteiger partial charge in [-0.3, -0.25) is 4.79 Å². The van der Waals surface area contributed by atoms with E-state index in [4.69, 9.17) is 4.74 Å². The summed E-state index contributed by atoms with van der Waals surface area (Å²) in [4.78, 5) is 12.4. The number of hydrogen-bond donors (Lipinski definition) is 2. The fourth-order valence-electron chi connectivity index (χ4n) is 5.80. The lowest BCUT2D eigenvalue weighted by molar-refractivity contribution is -0.149. The Morgan fingerprint density at radius 2 is 2.16 bits per heavy atom. The molecule has 2 bridgehead atoms. The highest BCUT2D eigenvalue weighted by Crippen LogP contribution is 2.56. The zero-order valence-corrected chi connectivity index (χ0v) is 14.9. The predicted octanol–water partition coefficient (Wildman–Crippen LogP) is 2.29. The number of piperidine rings is 1. The van der Waals surface area contributed by atoms with Crippen LogP contribution < -0.4 is 10.1 Å². The van der Waals surface area contributed by atoms with Crippen LogP contribution in [0.5, 0.6) is 5.75 Å². The molecule has 1 aromatic rings. The highest BCUT2D eigenvalue weighted by Gasteiger charge is 2.63. The van der Waals surface area contributed by atoms with E-state index in [1.54, 1.807) is 7.11 Å². The summed E-state index contributed by atoms with van der Waals surface area (Å²) in [5.74, 6) is 1.97. The molecule has 25 heavy (non-hydrogen) atoms. The van der Waals surface area contributed by atoms with Gasteiger partial charge >= 0.3 is 0 Å². The van der Waals surface area contributed by atoms with Gasteiger partial charge in [-0.05, 0) is 79.8 Å². The molecule has 0 aromatic heterocycles. The molecule has 4 heteroatoms. The molecule has 0 amide bonds. The number of ketones is 1. The number of aliphatic hydroxyl groups is 1. The third-order valence-corrected chi connectivity index (χ3v) is 7.31. The third-order valence-electron chi connectivity index (χ3n) is 7.31. The van der Waals surface area contributed by atoms with Gasteiger partial charge in [-0.1, -0.05) is 0 Å². The van der Waals surface area contributed by atoms with Gasteiger partial charge < -0.3 is 15.2 Å². The number of fused-ring (bicyclic) bond motifs is 1. The summed E-state index contributed by atoms with van der Waals surface area (Å²) in [5.41, 5.74) is 2.72. The van der Waals surface area contributed by atoms with Gasteiger partial charge in [-0.2, -0.15) is 0 Å². The fraction of sp³-hybridized carbons (Fsp3) is 0.667. The Morgan fingerprint density at radius 3 is 2.92 bits per heavy atom. The van der Waals surface area contributed by atoms with Gasteiger partial charge in [-0.15, -0.1) is 0 Å². The molecule has 0 radical (unpaired) electrons. The minimum Gasteiger partial charge on any atom is -0.497 e. The lowest BCUT2D eigenvalue weighted by Crippen LogP contribution is -2.72. The van der Waals surface area contributed by atoms with E-state index >= 15 is 0 Å². The monoisotopic (exact) mass is 341 g/mol. The van der Waals surface area contributed by atoms with E-state index in [-0.39, 0.29) is 6.04 Å². The lowest BCUT2D eigenvalue weighted by Gasteiger charge is -2.60. The molecule has 1 aromatic carbocycles. The van der Waals surface area contributed by atoms with Crippen molar-refractivity contribution in [3.8, 4) is 5.75 Å². The van der Waals surface area contributed by atoms with Crippen LogP contribution >= 0.6 is 0 Å². The second-order valence-corrected chi connectivity index (χ2v) is 8.64. The van der Waals surface area contributed by atoms with Gasteiger partial charge in [0.15, 0.2) is 0 Å². The van der Waals surface area contributed by atoms with Gasteiger partial charge in [0.05, 0.1) is 12.7 Å². The molecule has 1 aliphatic heterocycles. The zero-order chi connectivity index (χ0) is 17.2. The van der Waals surface area contributed by atoms with Crippen LogP contribution in [0.1, 0.15) is 55.2 Å². The van der Waals surface area contributed by atoms with Crippen molar-refractivity contribution in [1.29, 1.82) is 0 Å². The minimum absolute atomic E-state index is 0.0631. The number of ether oxygens (including phenoxy) is 1. The second-order valence-electron chi connectivity index (χ2n) is 8.64. The van der Waals surface area contributed by atoms with Gasteiger partial charge in [0, 0.05) is 24.3 Å². The quantitative estimate of drug-likeness (QED) is 0.886. The highest BCUT2D eigenvalue weighted by molar-refractivity contribution is 5.82. The molecule has 3 fully saturated rings. The maximum absolute atomic E-state index is 12.4. The minimum atomic E-state index is -0.810. The first kappa shape index (κ1) is 15.8. The molecular weight excluding hydrogens is 314 g/mol. The number of hydrogen-bond acceptors (Lipinski definition) is 4. The van der Waals surface area contributed by atoms with Crippen LogP contribution in [-0.2, 0) is 23.1 Å². The first-order chi connectivity index (χ1) is 12.1. The van der Waals surface area contributed by atoms with Crippen LogP contribution in [0.25, 0.3) is 0 Å². The van der Waals surface area contributed by atoms with Crippen molar-refractivity contribution >= 4 is 5.78 Å². The molecule has 2 saturated carbocycles. The Balaban J connectivity index is 1.72.